The Balaban J connectivity index is 0.00000242. The summed E-state index contributed by atoms with van der Waals surface area (Å²) in [5.74, 6) is 0.418. The van der Waals surface area contributed by atoms with E-state index in [2.05, 4.69) is 0 Å². The lowest BCUT2D eigenvalue weighted by molar-refractivity contribution is -0.132. The Kier molecular flexibility index (Phi) is 7.56. The van der Waals surface area contributed by atoms with Gasteiger partial charge in [0.2, 0.25) is 5.91 Å². The minimum Gasteiger partial charge on any atom is -0.343 e. The highest BCUT2D eigenvalue weighted by molar-refractivity contribution is 5.98. The minimum absolute atomic E-state index is 0. The maximum atomic E-state index is 12.4. The van der Waals surface area contributed by atoms with Crippen LogP contribution in [0.1, 0.15) is 43.0 Å². The average Bonchev–Trinajstić information content (AvgIpc) is 2.53. The van der Waals surface area contributed by atoms with E-state index in [4.69, 9.17) is 5.73 Å². The number of hydrogen-bond donors (Lipinski definition) is 1. The summed E-state index contributed by atoms with van der Waals surface area (Å²) in [6.07, 6.45) is 2.76. The number of nitrogens with two attached hydrogens (primary N) is 1. The fraction of sp³-hybridized carbons (Fsp3) is 0.529. The van der Waals surface area contributed by atoms with E-state index in [1.165, 1.54) is 0 Å². The molecule has 0 bridgehead atoms. The highest BCUT2D eigenvalue weighted by Crippen LogP contribution is 2.22. The summed E-state index contributed by atoms with van der Waals surface area (Å²) < 4.78 is 0. The molecule has 0 aromatic heterocycles. The highest BCUT2D eigenvalue weighted by atomic mass is 35.5. The summed E-state index contributed by atoms with van der Waals surface area (Å²) in [6, 6.07) is 9.48. The molecular weight excluding hydrogens is 300 g/mol. The summed E-state index contributed by atoms with van der Waals surface area (Å²) in [5, 5.41) is 0. The molecule has 2 N–H and O–H groups in total. The molecule has 1 atom stereocenters. The summed E-state index contributed by atoms with van der Waals surface area (Å²) in [6.45, 7) is 3.28. The van der Waals surface area contributed by atoms with Crippen molar-refractivity contribution in [3.8, 4) is 0 Å². The second-order valence-electron chi connectivity index (χ2n) is 5.90. The third-order valence-electron chi connectivity index (χ3n) is 4.09. The Morgan fingerprint density at radius 2 is 1.82 bits per heavy atom. The van der Waals surface area contributed by atoms with Crippen LogP contribution in [0.25, 0.3) is 0 Å². The van der Waals surface area contributed by atoms with E-state index >= 15 is 0 Å². The number of ketones is 1. The van der Waals surface area contributed by atoms with Crippen molar-refractivity contribution in [2.24, 2.45) is 11.7 Å². The van der Waals surface area contributed by atoms with Crippen LogP contribution in [-0.2, 0) is 4.79 Å². The van der Waals surface area contributed by atoms with Crippen LogP contribution in [0.15, 0.2) is 30.3 Å². The first kappa shape index (κ1) is 18.7. The Bertz CT molecular complexity index is 483. The molecule has 1 aromatic carbocycles. The first-order chi connectivity index (χ1) is 10.1. The summed E-state index contributed by atoms with van der Waals surface area (Å²) in [5.41, 5.74) is 6.46. The molecule has 4 nitrogen and oxygen atoms in total. The van der Waals surface area contributed by atoms with Gasteiger partial charge in [0.25, 0.3) is 0 Å². The van der Waals surface area contributed by atoms with Crippen LogP contribution in [0.5, 0.6) is 0 Å². The zero-order valence-corrected chi connectivity index (χ0v) is 13.8. The van der Waals surface area contributed by atoms with Gasteiger partial charge in [0.15, 0.2) is 5.78 Å². The smallest absolute Gasteiger partial charge is 0.222 e. The number of carbonyl (C=O) groups excluding carboxylic acids is 2. The van der Waals surface area contributed by atoms with Crippen LogP contribution < -0.4 is 5.73 Å². The van der Waals surface area contributed by atoms with Crippen LogP contribution in [0.3, 0.4) is 0 Å². The first-order valence-corrected chi connectivity index (χ1v) is 7.70. The first-order valence-electron chi connectivity index (χ1n) is 7.70. The third-order valence-corrected chi connectivity index (χ3v) is 4.09. The van der Waals surface area contributed by atoms with Gasteiger partial charge in [-0.1, -0.05) is 30.3 Å². The Hall–Kier alpha value is -1.39. The average molecular weight is 325 g/mol. The number of nitrogens with zero attached hydrogens (tertiary/aromatic N) is 1. The van der Waals surface area contributed by atoms with Gasteiger partial charge in [0.1, 0.15) is 0 Å². The lowest BCUT2D eigenvalue weighted by atomic mass is 9.89. The summed E-state index contributed by atoms with van der Waals surface area (Å²) >= 11 is 0. The molecule has 1 unspecified atom stereocenters. The second-order valence-corrected chi connectivity index (χ2v) is 5.90. The van der Waals surface area contributed by atoms with E-state index < -0.39 is 0 Å². The quantitative estimate of drug-likeness (QED) is 0.847. The third kappa shape index (κ3) is 5.11. The molecule has 2 rings (SSSR count). The molecule has 22 heavy (non-hydrogen) atoms. The van der Waals surface area contributed by atoms with Crippen molar-refractivity contribution < 1.29 is 9.59 Å². The monoisotopic (exact) mass is 324 g/mol. The molecule has 1 heterocycles. The predicted octanol–water partition coefficient (Wildman–Crippen LogP) is 2.66. The number of hydrogen-bond acceptors (Lipinski definition) is 3. The Labute approximate surface area is 138 Å². The van der Waals surface area contributed by atoms with Crippen LogP contribution in [0.2, 0.25) is 0 Å². The molecule has 0 saturated carbocycles. The molecule has 1 amide bonds. The minimum atomic E-state index is 0. The van der Waals surface area contributed by atoms with Crippen molar-refractivity contribution in [1.82, 2.24) is 4.90 Å². The number of halogens is 1. The molecule has 1 aromatic rings. The Morgan fingerprint density at radius 3 is 2.36 bits per heavy atom. The van der Waals surface area contributed by atoms with E-state index in [0.717, 1.165) is 24.8 Å². The number of Topliss-reactive ketones (excluding diaryl/α,β-unsaturated/α-hetero) is 1. The zero-order valence-electron chi connectivity index (χ0n) is 13.0. The predicted molar refractivity (Wildman–Crippen MR) is 90.2 cm³/mol. The topological polar surface area (TPSA) is 63.4 Å². The van der Waals surface area contributed by atoms with Gasteiger partial charge in [-0.15, -0.1) is 12.4 Å². The van der Waals surface area contributed by atoms with Gasteiger partial charge in [0, 0.05) is 37.0 Å². The zero-order chi connectivity index (χ0) is 15.2. The van der Waals surface area contributed by atoms with Crippen molar-refractivity contribution in [2.45, 2.75) is 38.6 Å². The van der Waals surface area contributed by atoms with E-state index in [9.17, 15) is 9.59 Å². The number of likely N-dealkylation sites (tertiary alicyclic amines) is 1. The van der Waals surface area contributed by atoms with Crippen molar-refractivity contribution in [3.05, 3.63) is 35.9 Å². The molecule has 0 aliphatic carbocycles. The van der Waals surface area contributed by atoms with Crippen molar-refractivity contribution in [1.29, 1.82) is 0 Å². The summed E-state index contributed by atoms with van der Waals surface area (Å²) in [4.78, 5) is 26.3. The van der Waals surface area contributed by atoms with Gasteiger partial charge in [0.05, 0.1) is 0 Å². The van der Waals surface area contributed by atoms with Gasteiger partial charge < -0.3 is 10.6 Å². The molecule has 122 valence electrons. The number of rotatable bonds is 5. The summed E-state index contributed by atoms with van der Waals surface area (Å²) in [7, 11) is 0. The molecule has 5 heteroatoms. The number of amides is 1. The second kappa shape index (κ2) is 8.91. The molecule has 0 spiro atoms. The molecule has 1 aliphatic rings. The number of piperidine rings is 1. The number of benzene rings is 1. The Morgan fingerprint density at radius 1 is 1.23 bits per heavy atom. The SMILES string of the molecule is CC(N)CCC(=O)N1CCC(C(=O)c2ccccc2)CC1.Cl. The van der Waals surface area contributed by atoms with Crippen LogP contribution >= 0.6 is 12.4 Å². The lowest BCUT2D eigenvalue weighted by Crippen LogP contribution is -2.40. The van der Waals surface area contributed by atoms with Gasteiger partial charge in [-0.05, 0) is 26.2 Å². The van der Waals surface area contributed by atoms with E-state index in [-0.39, 0.29) is 36.1 Å². The molecule has 1 aliphatic heterocycles. The van der Waals surface area contributed by atoms with E-state index in [1.54, 1.807) is 0 Å². The van der Waals surface area contributed by atoms with Crippen LogP contribution in [-0.4, -0.2) is 35.7 Å². The van der Waals surface area contributed by atoms with Crippen molar-refractivity contribution >= 4 is 24.1 Å². The molecule has 1 fully saturated rings. The number of carbonyl (C=O) groups is 2. The normalized spacial score (nSPS) is 16.7. The van der Waals surface area contributed by atoms with Gasteiger partial charge in [-0.3, -0.25) is 9.59 Å². The van der Waals surface area contributed by atoms with E-state index in [0.29, 0.717) is 19.5 Å². The fourth-order valence-corrected chi connectivity index (χ4v) is 2.74. The molecule has 0 radical (unpaired) electrons. The fourth-order valence-electron chi connectivity index (χ4n) is 2.74. The maximum Gasteiger partial charge on any atom is 0.222 e. The van der Waals surface area contributed by atoms with Crippen molar-refractivity contribution in [2.75, 3.05) is 13.1 Å². The largest absolute Gasteiger partial charge is 0.343 e. The lowest BCUT2D eigenvalue weighted by Gasteiger charge is -2.31. The van der Waals surface area contributed by atoms with Gasteiger partial charge in [-0.2, -0.15) is 0 Å². The molecular formula is C17H25ClN2O2. The van der Waals surface area contributed by atoms with Gasteiger partial charge >= 0.3 is 0 Å². The van der Waals surface area contributed by atoms with Gasteiger partial charge in [-0.25, -0.2) is 0 Å². The maximum absolute atomic E-state index is 12.4. The van der Waals surface area contributed by atoms with Crippen molar-refractivity contribution in [3.63, 3.8) is 0 Å². The standard InChI is InChI=1S/C17H24N2O2.ClH/c1-13(18)7-8-16(20)19-11-9-15(10-12-19)17(21)14-5-3-2-4-6-14;/h2-6,13,15H,7-12,18H2,1H3;1H. The van der Waals surface area contributed by atoms with Crippen LogP contribution in [0.4, 0.5) is 0 Å². The van der Waals surface area contributed by atoms with Crippen LogP contribution in [0, 0.1) is 5.92 Å². The molecule has 1 saturated heterocycles. The highest BCUT2D eigenvalue weighted by Gasteiger charge is 2.27. The van der Waals surface area contributed by atoms with E-state index in [1.807, 2.05) is 42.2 Å².